The molecule has 0 saturated heterocycles. The van der Waals surface area contributed by atoms with E-state index >= 15 is 0 Å². The number of nitrogens with one attached hydrogen (secondary N) is 2. The molecular weight excluding hydrogens is 362 g/mol. The van der Waals surface area contributed by atoms with Crippen molar-refractivity contribution in [3.05, 3.63) is 77.0 Å². The van der Waals surface area contributed by atoms with Crippen LogP contribution in [0.1, 0.15) is 15.9 Å². The minimum Gasteiger partial charge on any atom is -0.507 e. The van der Waals surface area contributed by atoms with Crippen LogP contribution in [0, 0.1) is 0 Å². The number of halogens is 1. The average Bonchev–Trinajstić information content (AvgIpc) is 2.68. The van der Waals surface area contributed by atoms with Gasteiger partial charge in [0.1, 0.15) is 17.1 Å². The predicted octanol–water partition coefficient (Wildman–Crippen LogP) is 4.80. The van der Waals surface area contributed by atoms with Gasteiger partial charge in [-0.05, 0) is 41.5 Å². The fourth-order valence-corrected chi connectivity index (χ4v) is 3.29. The molecule has 134 valence electrons. The van der Waals surface area contributed by atoms with Crippen LogP contribution in [0.25, 0.3) is 17.2 Å². The number of carbonyl (C=O) groups excluding carboxylic acids is 1. The molecule has 1 amide bonds. The fourth-order valence-electron chi connectivity index (χ4n) is 3.03. The molecule has 0 spiro atoms. The van der Waals surface area contributed by atoms with Crippen LogP contribution in [0.5, 0.6) is 5.75 Å². The molecular formula is C21H16ClN3O2. The van der Waals surface area contributed by atoms with Crippen LogP contribution in [-0.2, 0) is 0 Å². The van der Waals surface area contributed by atoms with Crippen molar-refractivity contribution in [2.24, 2.45) is 0 Å². The molecule has 0 aliphatic carbocycles. The summed E-state index contributed by atoms with van der Waals surface area (Å²) in [4.78, 5) is 16.8. The van der Waals surface area contributed by atoms with Gasteiger partial charge in [0.25, 0.3) is 5.91 Å². The van der Waals surface area contributed by atoms with E-state index in [9.17, 15) is 9.90 Å². The third-order valence-corrected chi connectivity index (χ3v) is 4.65. The Hall–Kier alpha value is -3.31. The number of pyridine rings is 1. The number of aromatic hydroxyl groups is 1. The Labute approximate surface area is 161 Å². The zero-order chi connectivity index (χ0) is 18.8. The van der Waals surface area contributed by atoms with E-state index in [2.05, 4.69) is 27.8 Å². The van der Waals surface area contributed by atoms with E-state index in [-0.39, 0.29) is 16.3 Å². The van der Waals surface area contributed by atoms with Gasteiger partial charge in [-0.2, -0.15) is 0 Å². The maximum Gasteiger partial charge on any atom is 0.260 e. The van der Waals surface area contributed by atoms with Crippen molar-refractivity contribution in [3.8, 4) is 16.9 Å². The lowest BCUT2D eigenvalue weighted by molar-refractivity contribution is 0.102. The van der Waals surface area contributed by atoms with E-state index in [0.717, 1.165) is 29.1 Å². The lowest BCUT2D eigenvalue weighted by atomic mass is 9.99. The van der Waals surface area contributed by atoms with Gasteiger partial charge in [0.05, 0.1) is 5.02 Å². The number of phenolic OH excluding ortho intramolecular Hbond substituents is 1. The average molecular weight is 378 g/mol. The third kappa shape index (κ3) is 3.37. The van der Waals surface area contributed by atoms with Gasteiger partial charge in [-0.3, -0.25) is 4.79 Å². The van der Waals surface area contributed by atoms with Crippen molar-refractivity contribution in [3.63, 3.8) is 0 Å². The molecule has 0 saturated carbocycles. The number of nitrogens with zero attached hydrogens (tertiary/aromatic N) is 1. The number of hydrogen-bond donors (Lipinski definition) is 3. The predicted molar refractivity (Wildman–Crippen MR) is 108 cm³/mol. The molecule has 3 N–H and O–H groups in total. The molecule has 1 aromatic heterocycles. The normalized spacial score (nSPS) is 12.2. The van der Waals surface area contributed by atoms with Crippen molar-refractivity contribution in [1.29, 1.82) is 0 Å². The lowest BCUT2D eigenvalue weighted by Gasteiger charge is -2.16. The molecule has 0 radical (unpaired) electrons. The number of anilines is 2. The van der Waals surface area contributed by atoms with Gasteiger partial charge in [-0.15, -0.1) is 0 Å². The van der Waals surface area contributed by atoms with E-state index in [1.54, 1.807) is 18.3 Å². The van der Waals surface area contributed by atoms with Crippen LogP contribution < -0.4 is 10.6 Å². The number of fused-ring (bicyclic) bond motifs is 1. The third-order valence-electron chi connectivity index (χ3n) is 4.33. The molecule has 1 aliphatic heterocycles. The Bertz CT molecular complexity index is 1030. The summed E-state index contributed by atoms with van der Waals surface area (Å²) in [6.07, 6.45) is 5.89. The lowest BCUT2D eigenvalue weighted by Crippen LogP contribution is -2.12. The molecule has 0 fully saturated rings. The Morgan fingerprint density at radius 3 is 2.74 bits per heavy atom. The molecule has 0 bridgehead atoms. The number of amides is 1. The number of rotatable bonds is 3. The molecule has 6 heteroatoms. The van der Waals surface area contributed by atoms with Gasteiger partial charge >= 0.3 is 0 Å². The van der Waals surface area contributed by atoms with Crippen molar-refractivity contribution >= 4 is 35.1 Å². The van der Waals surface area contributed by atoms with Gasteiger partial charge in [-0.25, -0.2) is 4.98 Å². The molecule has 1 aliphatic rings. The number of phenols is 1. The van der Waals surface area contributed by atoms with Gasteiger partial charge in [0, 0.05) is 24.0 Å². The van der Waals surface area contributed by atoms with Crippen LogP contribution in [0.4, 0.5) is 11.5 Å². The van der Waals surface area contributed by atoms with E-state index < -0.39 is 5.91 Å². The second-order valence-corrected chi connectivity index (χ2v) is 6.48. The Balaban J connectivity index is 1.59. The quantitative estimate of drug-likeness (QED) is 0.613. The summed E-state index contributed by atoms with van der Waals surface area (Å²) in [5.41, 5.74) is 3.79. The van der Waals surface area contributed by atoms with E-state index in [1.165, 1.54) is 6.07 Å². The first-order chi connectivity index (χ1) is 13.1. The van der Waals surface area contributed by atoms with Crippen LogP contribution in [-0.4, -0.2) is 22.5 Å². The largest absolute Gasteiger partial charge is 0.507 e. The number of carbonyl (C=O) groups is 1. The highest BCUT2D eigenvalue weighted by molar-refractivity contribution is 6.34. The molecule has 2 aromatic carbocycles. The highest BCUT2D eigenvalue weighted by Crippen LogP contribution is 2.31. The first-order valence-electron chi connectivity index (χ1n) is 8.42. The second kappa shape index (κ2) is 7.13. The van der Waals surface area contributed by atoms with Gasteiger partial charge in [-0.1, -0.05) is 42.0 Å². The van der Waals surface area contributed by atoms with Gasteiger partial charge in [0.15, 0.2) is 0 Å². The Morgan fingerprint density at radius 2 is 1.96 bits per heavy atom. The SMILES string of the molecule is O=C(Nc1ccc(-c2ccnc3c2C=CCN3)cc1)c1c(O)cccc1Cl. The summed E-state index contributed by atoms with van der Waals surface area (Å²) in [5.74, 6) is 0.250. The van der Waals surface area contributed by atoms with E-state index in [4.69, 9.17) is 11.6 Å². The minimum absolute atomic E-state index is 0.0580. The summed E-state index contributed by atoms with van der Waals surface area (Å²) in [5, 5.41) is 16.1. The van der Waals surface area contributed by atoms with Crippen molar-refractivity contribution in [1.82, 2.24) is 4.98 Å². The smallest absolute Gasteiger partial charge is 0.260 e. The van der Waals surface area contributed by atoms with Crippen LogP contribution in [0.2, 0.25) is 5.02 Å². The molecule has 2 heterocycles. The summed E-state index contributed by atoms with van der Waals surface area (Å²) in [6.45, 7) is 0.767. The molecule has 4 rings (SSSR count). The highest BCUT2D eigenvalue weighted by Gasteiger charge is 2.16. The standard InChI is InChI=1S/C21H16ClN3O2/c22-17-4-1-5-18(26)19(17)21(27)25-14-8-6-13(7-9-14)15-10-12-24-20-16(15)3-2-11-23-20/h1-10,12,26H,11H2,(H,23,24)(H,25,27). The van der Waals surface area contributed by atoms with E-state index in [1.807, 2.05) is 30.3 Å². The summed E-state index contributed by atoms with van der Waals surface area (Å²) in [6, 6.07) is 14.0. The summed E-state index contributed by atoms with van der Waals surface area (Å²) >= 11 is 6.02. The van der Waals surface area contributed by atoms with Gasteiger partial charge in [0.2, 0.25) is 0 Å². The monoisotopic (exact) mass is 377 g/mol. The minimum atomic E-state index is -0.459. The maximum atomic E-state index is 12.4. The number of aromatic nitrogens is 1. The molecule has 5 nitrogen and oxygen atoms in total. The molecule has 0 unspecified atom stereocenters. The van der Waals surface area contributed by atoms with Crippen molar-refractivity contribution in [2.75, 3.05) is 17.2 Å². The van der Waals surface area contributed by atoms with Crippen molar-refractivity contribution in [2.45, 2.75) is 0 Å². The van der Waals surface area contributed by atoms with Crippen LogP contribution in [0.15, 0.2) is 60.8 Å². The number of benzene rings is 2. The maximum absolute atomic E-state index is 12.4. The van der Waals surface area contributed by atoms with Gasteiger partial charge < -0.3 is 15.7 Å². The Morgan fingerprint density at radius 1 is 1.15 bits per heavy atom. The molecule has 27 heavy (non-hydrogen) atoms. The molecule has 3 aromatic rings. The number of hydrogen-bond acceptors (Lipinski definition) is 4. The summed E-state index contributed by atoms with van der Waals surface area (Å²) < 4.78 is 0. The zero-order valence-electron chi connectivity index (χ0n) is 14.2. The Kier molecular flexibility index (Phi) is 4.52. The fraction of sp³-hybridized carbons (Fsp3) is 0.0476. The zero-order valence-corrected chi connectivity index (χ0v) is 15.0. The molecule has 0 atom stereocenters. The van der Waals surface area contributed by atoms with Crippen molar-refractivity contribution < 1.29 is 9.90 Å². The van der Waals surface area contributed by atoms with E-state index in [0.29, 0.717) is 5.69 Å². The summed E-state index contributed by atoms with van der Waals surface area (Å²) in [7, 11) is 0. The highest BCUT2D eigenvalue weighted by atomic mass is 35.5. The second-order valence-electron chi connectivity index (χ2n) is 6.07. The van der Waals surface area contributed by atoms with Crippen LogP contribution in [0.3, 0.4) is 0 Å². The first kappa shape index (κ1) is 17.1. The topological polar surface area (TPSA) is 74.2 Å². The van der Waals surface area contributed by atoms with Crippen LogP contribution >= 0.6 is 11.6 Å². The first-order valence-corrected chi connectivity index (χ1v) is 8.80.